The maximum Gasteiger partial charge on any atom is 0.249 e. The molecule has 4 unspecified atom stereocenters. The summed E-state index contributed by atoms with van der Waals surface area (Å²) in [5.41, 5.74) is 10.6. The Hall–Kier alpha value is -3.42. The number of hydrogen-bond acceptors (Lipinski definition) is 12. The van der Waals surface area contributed by atoms with E-state index < -0.39 is 90.6 Å². The third kappa shape index (κ3) is 15.6. The topological polar surface area (TPSA) is 302 Å². The van der Waals surface area contributed by atoms with E-state index in [4.69, 9.17) is 21.3 Å². The molecule has 0 bridgehead atoms. The van der Waals surface area contributed by atoms with Gasteiger partial charge in [0.2, 0.25) is 35.4 Å². The summed E-state index contributed by atoms with van der Waals surface area (Å²) in [6.45, 7) is 4.50. The van der Waals surface area contributed by atoms with Gasteiger partial charge in [0.1, 0.15) is 54.9 Å². The molecule has 0 fully saturated rings. The lowest BCUT2D eigenvalue weighted by atomic mass is 10.0. The summed E-state index contributed by atoms with van der Waals surface area (Å²) in [6, 6.07) is -4.96. The van der Waals surface area contributed by atoms with Crippen molar-refractivity contribution in [1.82, 2.24) is 26.6 Å². The molecule has 0 radical (unpaired) electrons. The summed E-state index contributed by atoms with van der Waals surface area (Å²) < 4.78 is 5.42. The fourth-order valence-corrected chi connectivity index (χ4v) is 3.41. The number of halogens is 1. The molecule has 6 amide bonds. The highest BCUT2D eigenvalue weighted by Crippen LogP contribution is 2.12. The molecule has 8 atom stereocenters. The molecular weight excluding hydrogens is 598 g/mol. The van der Waals surface area contributed by atoms with Crippen LogP contribution in [0.1, 0.15) is 40.5 Å². The van der Waals surface area contributed by atoms with Crippen LogP contribution in [0.4, 0.5) is 0 Å². The van der Waals surface area contributed by atoms with Gasteiger partial charge < -0.3 is 62.9 Å². The number of aldehydes is 1. The molecule has 248 valence electrons. The Morgan fingerprint density at radius 1 is 0.907 bits per heavy atom. The van der Waals surface area contributed by atoms with Crippen LogP contribution in [0.3, 0.4) is 0 Å². The van der Waals surface area contributed by atoms with Crippen LogP contribution in [0.5, 0.6) is 0 Å². The van der Waals surface area contributed by atoms with Gasteiger partial charge in [-0.1, -0.05) is 0 Å². The second kappa shape index (κ2) is 21.3. The highest BCUT2D eigenvalue weighted by atomic mass is 35.5. The lowest BCUT2D eigenvalue weighted by Gasteiger charge is -2.32. The van der Waals surface area contributed by atoms with Gasteiger partial charge in [0.15, 0.2) is 0 Å². The molecule has 0 aromatic carbocycles. The number of aliphatic hydroxyl groups is 3. The minimum Gasteiger partial charge on any atom is -0.394 e. The van der Waals surface area contributed by atoms with Crippen LogP contribution in [-0.4, -0.2) is 125 Å². The zero-order valence-corrected chi connectivity index (χ0v) is 25.2. The molecular formula is C24H44ClN7O11. The summed E-state index contributed by atoms with van der Waals surface area (Å²) in [4.78, 5) is 84.1. The number of ether oxygens (including phenoxy) is 1. The molecule has 0 heterocycles. The lowest BCUT2D eigenvalue weighted by molar-refractivity contribution is -0.157. The van der Waals surface area contributed by atoms with E-state index >= 15 is 0 Å². The number of nitrogens with two attached hydrogens (primary N) is 2. The predicted octanol–water partition coefficient (Wildman–Crippen LogP) is -5.57. The SMILES string of the molecule is CC(=O)N[C@@H](C=O)[C@@H](OC(C)C(=O)NC(C)C(=O)NC(CCC(=O)NC(C)C(=O)NCCN)C(N)=O)[C@H](O)[C@H](O)CO.Cl. The molecule has 18 nitrogen and oxygen atoms in total. The second-order valence-electron chi connectivity index (χ2n) is 9.45. The van der Waals surface area contributed by atoms with Gasteiger partial charge in [0, 0.05) is 26.4 Å². The normalized spacial score (nSPS) is 16.3. The van der Waals surface area contributed by atoms with Gasteiger partial charge in [0.05, 0.1) is 6.61 Å². The van der Waals surface area contributed by atoms with Gasteiger partial charge in [-0.15, -0.1) is 12.4 Å². The van der Waals surface area contributed by atoms with Crippen molar-refractivity contribution < 1.29 is 53.6 Å². The highest BCUT2D eigenvalue weighted by molar-refractivity contribution is 5.92. The standard InChI is InChI=1S/C24H43N7O11.ClH/c1-11(22(39)27-8-7-25)28-18(36)6-5-15(21(26)38)31-23(40)12(2)29-24(41)13(3)42-20(19(37)17(35)10-33)16(9-32)30-14(4)34;/h9,11-13,15-17,19-20,33,35,37H,5-8,10,25H2,1-4H3,(H2,26,38)(H,27,39)(H,28,36)(H,29,41)(H,30,34)(H,31,40);1H/t11?,12?,13?,15?,16-,17+,19+,20+;/m0./s1. The smallest absolute Gasteiger partial charge is 0.249 e. The number of primary amides is 1. The van der Waals surface area contributed by atoms with Crippen molar-refractivity contribution in [2.75, 3.05) is 19.7 Å². The van der Waals surface area contributed by atoms with Crippen molar-refractivity contribution in [2.24, 2.45) is 11.5 Å². The van der Waals surface area contributed by atoms with Crippen molar-refractivity contribution in [3.8, 4) is 0 Å². The Morgan fingerprint density at radius 2 is 1.49 bits per heavy atom. The van der Waals surface area contributed by atoms with Crippen LogP contribution in [0.25, 0.3) is 0 Å². The summed E-state index contributed by atoms with van der Waals surface area (Å²) >= 11 is 0. The largest absolute Gasteiger partial charge is 0.394 e. The Bertz CT molecular complexity index is 959. The van der Waals surface area contributed by atoms with Crippen molar-refractivity contribution in [1.29, 1.82) is 0 Å². The molecule has 19 heteroatoms. The van der Waals surface area contributed by atoms with Gasteiger partial charge in [-0.25, -0.2) is 0 Å². The van der Waals surface area contributed by atoms with Gasteiger partial charge >= 0.3 is 0 Å². The Morgan fingerprint density at radius 3 is 1.98 bits per heavy atom. The molecule has 0 aromatic heterocycles. The monoisotopic (exact) mass is 641 g/mol. The molecule has 12 N–H and O–H groups in total. The molecule has 0 aromatic rings. The first-order valence-electron chi connectivity index (χ1n) is 13.1. The maximum absolute atomic E-state index is 12.7. The summed E-state index contributed by atoms with van der Waals surface area (Å²) in [7, 11) is 0. The van der Waals surface area contributed by atoms with Gasteiger partial charge in [0.25, 0.3) is 0 Å². The molecule has 0 rings (SSSR count). The van der Waals surface area contributed by atoms with E-state index in [-0.39, 0.29) is 44.6 Å². The quantitative estimate of drug-likeness (QED) is 0.0557. The van der Waals surface area contributed by atoms with Crippen molar-refractivity contribution in [3.05, 3.63) is 0 Å². The number of aliphatic hydroxyl groups excluding tert-OH is 3. The number of hydrogen-bond donors (Lipinski definition) is 10. The minimum absolute atomic E-state index is 0. The van der Waals surface area contributed by atoms with Crippen LogP contribution >= 0.6 is 12.4 Å². The third-order valence-electron chi connectivity index (χ3n) is 5.81. The molecule has 0 aliphatic heterocycles. The van der Waals surface area contributed by atoms with E-state index in [1.807, 2.05) is 0 Å². The average molecular weight is 642 g/mol. The first-order valence-corrected chi connectivity index (χ1v) is 13.1. The zero-order chi connectivity index (χ0) is 32.6. The van der Waals surface area contributed by atoms with E-state index in [1.165, 1.54) is 20.8 Å². The van der Waals surface area contributed by atoms with E-state index in [2.05, 4.69) is 26.6 Å². The average Bonchev–Trinajstić information content (AvgIpc) is 2.93. The van der Waals surface area contributed by atoms with Crippen LogP contribution in [0.2, 0.25) is 0 Å². The Labute approximate surface area is 254 Å². The molecule has 0 saturated carbocycles. The number of amides is 6. The molecule has 0 spiro atoms. The van der Waals surface area contributed by atoms with Gasteiger partial charge in [-0.3, -0.25) is 28.8 Å². The van der Waals surface area contributed by atoms with Crippen LogP contribution in [-0.2, 0) is 38.3 Å². The second-order valence-corrected chi connectivity index (χ2v) is 9.45. The Balaban J connectivity index is 0. The van der Waals surface area contributed by atoms with Crippen LogP contribution in [0, 0.1) is 0 Å². The first kappa shape index (κ1) is 41.7. The van der Waals surface area contributed by atoms with E-state index in [0.717, 1.165) is 6.92 Å². The summed E-state index contributed by atoms with van der Waals surface area (Å²) in [5, 5.41) is 41.0. The van der Waals surface area contributed by atoms with Crippen molar-refractivity contribution in [2.45, 2.75) is 89.1 Å². The fraction of sp³-hybridized carbons (Fsp3) is 0.708. The molecule has 0 saturated heterocycles. The van der Waals surface area contributed by atoms with Crippen molar-refractivity contribution in [3.63, 3.8) is 0 Å². The summed E-state index contributed by atoms with van der Waals surface area (Å²) in [5.74, 6) is -4.47. The molecule has 0 aliphatic rings. The third-order valence-corrected chi connectivity index (χ3v) is 5.81. The number of carbonyl (C=O) groups is 7. The zero-order valence-electron chi connectivity index (χ0n) is 24.4. The minimum atomic E-state index is -1.90. The molecule has 0 aliphatic carbocycles. The van der Waals surface area contributed by atoms with E-state index in [0.29, 0.717) is 0 Å². The number of carbonyl (C=O) groups excluding carboxylic acids is 7. The Kier molecular flexibility index (Phi) is 20.7. The van der Waals surface area contributed by atoms with Crippen molar-refractivity contribution >= 4 is 54.1 Å². The molecule has 43 heavy (non-hydrogen) atoms. The van der Waals surface area contributed by atoms with E-state index in [9.17, 15) is 43.8 Å². The van der Waals surface area contributed by atoms with E-state index in [1.54, 1.807) is 0 Å². The fourth-order valence-electron chi connectivity index (χ4n) is 3.41. The predicted molar refractivity (Wildman–Crippen MR) is 152 cm³/mol. The van der Waals surface area contributed by atoms with Crippen LogP contribution in [0.15, 0.2) is 0 Å². The summed E-state index contributed by atoms with van der Waals surface area (Å²) in [6.07, 6.45) is -7.08. The van der Waals surface area contributed by atoms with Crippen LogP contribution < -0.4 is 38.1 Å². The maximum atomic E-state index is 12.7. The first-order chi connectivity index (χ1) is 19.6. The van der Waals surface area contributed by atoms with Gasteiger partial charge in [-0.05, 0) is 27.2 Å². The highest BCUT2D eigenvalue weighted by Gasteiger charge is 2.37. The lowest BCUT2D eigenvalue weighted by Crippen LogP contribution is -2.57. The number of rotatable bonds is 20. The number of nitrogens with one attached hydrogen (secondary N) is 5. The van der Waals surface area contributed by atoms with Gasteiger partial charge in [-0.2, -0.15) is 0 Å².